The fourth-order valence-electron chi connectivity index (χ4n) is 3.09. The summed E-state index contributed by atoms with van der Waals surface area (Å²) in [6.07, 6.45) is 1.01. The van der Waals surface area contributed by atoms with Crippen LogP contribution in [0.2, 0.25) is 5.02 Å². The minimum atomic E-state index is -4.31. The molecule has 0 atom stereocenters. The molecule has 3 aromatic carbocycles. The average molecular weight is 434 g/mol. The Morgan fingerprint density at radius 2 is 1.59 bits per heavy atom. The van der Waals surface area contributed by atoms with Crippen molar-refractivity contribution in [2.45, 2.75) is 9.79 Å². The van der Waals surface area contributed by atoms with Crippen LogP contribution in [0.5, 0.6) is 0 Å². The van der Waals surface area contributed by atoms with Crippen molar-refractivity contribution >= 4 is 32.3 Å². The van der Waals surface area contributed by atoms with Crippen molar-refractivity contribution in [2.24, 2.45) is 0 Å². The first-order valence-electron chi connectivity index (χ1n) is 8.32. The first-order chi connectivity index (χ1) is 13.8. The van der Waals surface area contributed by atoms with Gasteiger partial charge in [0.25, 0.3) is 0 Å². The van der Waals surface area contributed by atoms with Crippen molar-refractivity contribution in [3.05, 3.63) is 89.3 Å². The highest BCUT2D eigenvalue weighted by Gasteiger charge is 2.26. The van der Waals surface area contributed by atoms with Gasteiger partial charge in [-0.05, 0) is 42.0 Å². The molecule has 0 saturated heterocycles. The van der Waals surface area contributed by atoms with Gasteiger partial charge < -0.3 is 0 Å². The van der Waals surface area contributed by atoms with Gasteiger partial charge in [0.05, 0.1) is 9.79 Å². The minimum Gasteiger partial charge on any atom is -0.252 e. The van der Waals surface area contributed by atoms with Gasteiger partial charge in [0.15, 0.2) is 11.6 Å². The first-order valence-corrected chi connectivity index (χ1v) is 10.2. The lowest BCUT2D eigenvalue weighted by atomic mass is 10.0. The zero-order valence-corrected chi connectivity index (χ0v) is 16.1. The molecule has 0 aliphatic rings. The first kappa shape index (κ1) is 19.4. The molecule has 0 aliphatic heterocycles. The smallest absolute Gasteiger partial charge is 0.208 e. The molecule has 4 aromatic rings. The van der Waals surface area contributed by atoms with E-state index in [2.05, 4.69) is 4.98 Å². The van der Waals surface area contributed by atoms with E-state index in [0.29, 0.717) is 16.7 Å². The number of benzene rings is 3. The zero-order valence-electron chi connectivity index (χ0n) is 14.5. The maximum atomic E-state index is 14.3. The van der Waals surface area contributed by atoms with Crippen LogP contribution >= 0.6 is 11.6 Å². The number of sulfone groups is 1. The molecule has 0 N–H and O–H groups in total. The lowest BCUT2D eigenvalue weighted by molar-refractivity contribution is 0.504. The fraction of sp³-hybridized carbons (Fsp3) is 0. The molecule has 1 aromatic heterocycles. The third kappa shape index (κ3) is 3.36. The number of hydrogen-bond acceptors (Lipinski definition) is 3. The highest BCUT2D eigenvalue weighted by atomic mass is 35.5. The molecule has 0 fully saturated rings. The van der Waals surface area contributed by atoms with Crippen molar-refractivity contribution < 1.29 is 21.6 Å². The Hall–Kier alpha value is -2.90. The highest BCUT2D eigenvalue weighted by Crippen LogP contribution is 2.38. The average Bonchev–Trinajstić information content (AvgIpc) is 2.69. The molecule has 0 unspecified atom stereocenters. The summed E-state index contributed by atoms with van der Waals surface area (Å²) in [7, 11) is -4.31. The van der Waals surface area contributed by atoms with Crippen LogP contribution in [0.4, 0.5) is 13.2 Å². The SMILES string of the molecule is O=S(=O)(c1ccc(F)c(F)c1)c1cnc2c(F)cccc2c1-c1cccc(Cl)c1. The third-order valence-electron chi connectivity index (χ3n) is 4.42. The van der Waals surface area contributed by atoms with Crippen LogP contribution in [-0.2, 0) is 9.84 Å². The second-order valence-corrected chi connectivity index (χ2v) is 8.58. The maximum Gasteiger partial charge on any atom is 0.208 e. The predicted molar refractivity (Wildman–Crippen MR) is 104 cm³/mol. The van der Waals surface area contributed by atoms with Gasteiger partial charge in [-0.3, -0.25) is 4.98 Å². The van der Waals surface area contributed by atoms with Gasteiger partial charge in [0.2, 0.25) is 9.84 Å². The Labute approximate surface area is 169 Å². The minimum absolute atomic E-state index is 0.0216. The van der Waals surface area contributed by atoms with Crippen molar-refractivity contribution in [3.8, 4) is 11.1 Å². The Balaban J connectivity index is 2.09. The van der Waals surface area contributed by atoms with E-state index < -0.39 is 32.2 Å². The van der Waals surface area contributed by atoms with Gasteiger partial charge in [-0.25, -0.2) is 21.6 Å². The number of para-hydroxylation sites is 1. The van der Waals surface area contributed by atoms with E-state index in [0.717, 1.165) is 18.3 Å². The molecule has 0 saturated carbocycles. The summed E-state index contributed by atoms with van der Waals surface area (Å²) in [5.74, 6) is -3.09. The lowest BCUT2D eigenvalue weighted by Crippen LogP contribution is -2.07. The number of nitrogens with zero attached hydrogens (tertiary/aromatic N) is 1. The molecule has 3 nitrogen and oxygen atoms in total. The van der Waals surface area contributed by atoms with Crippen molar-refractivity contribution in [1.82, 2.24) is 4.98 Å². The molecule has 0 spiro atoms. The van der Waals surface area contributed by atoms with Crippen LogP contribution in [0.3, 0.4) is 0 Å². The van der Waals surface area contributed by atoms with Gasteiger partial charge in [-0.15, -0.1) is 0 Å². The van der Waals surface area contributed by atoms with Crippen LogP contribution < -0.4 is 0 Å². The maximum absolute atomic E-state index is 14.3. The number of halogens is 4. The largest absolute Gasteiger partial charge is 0.252 e. The van der Waals surface area contributed by atoms with Crippen LogP contribution in [0.25, 0.3) is 22.0 Å². The number of fused-ring (bicyclic) bond motifs is 1. The number of pyridine rings is 1. The second kappa shape index (κ2) is 7.17. The van der Waals surface area contributed by atoms with E-state index in [-0.39, 0.29) is 21.4 Å². The Morgan fingerprint density at radius 1 is 0.828 bits per heavy atom. The van der Waals surface area contributed by atoms with Gasteiger partial charge in [0, 0.05) is 22.2 Å². The predicted octanol–water partition coefficient (Wildman–Crippen LogP) is 5.81. The third-order valence-corrected chi connectivity index (χ3v) is 6.42. The van der Waals surface area contributed by atoms with Crippen LogP contribution in [0.15, 0.2) is 76.7 Å². The molecule has 0 aliphatic carbocycles. The van der Waals surface area contributed by atoms with Gasteiger partial charge in [-0.1, -0.05) is 35.9 Å². The van der Waals surface area contributed by atoms with E-state index >= 15 is 0 Å². The van der Waals surface area contributed by atoms with E-state index in [4.69, 9.17) is 11.6 Å². The molecule has 0 radical (unpaired) electrons. The Morgan fingerprint density at radius 3 is 2.31 bits per heavy atom. The van der Waals surface area contributed by atoms with Crippen molar-refractivity contribution in [3.63, 3.8) is 0 Å². The van der Waals surface area contributed by atoms with Gasteiger partial charge >= 0.3 is 0 Å². The Kier molecular flexibility index (Phi) is 4.80. The van der Waals surface area contributed by atoms with E-state index in [1.807, 2.05) is 0 Å². The molecule has 146 valence electrons. The fourth-order valence-corrected chi connectivity index (χ4v) is 4.72. The normalized spacial score (nSPS) is 11.7. The summed E-state index contributed by atoms with van der Waals surface area (Å²) in [5, 5.41) is 0.593. The van der Waals surface area contributed by atoms with Gasteiger partial charge in [0.1, 0.15) is 11.3 Å². The second-order valence-electron chi connectivity index (χ2n) is 6.22. The standard InChI is InChI=1S/C21H11ClF3NO2S/c22-13-4-1-3-12(9-13)20-15-5-2-6-17(24)21(15)26-11-19(20)29(27,28)14-7-8-16(23)18(25)10-14/h1-11H. The molecule has 4 rings (SSSR count). The summed E-state index contributed by atoms with van der Waals surface area (Å²) in [4.78, 5) is 3.24. The zero-order chi connectivity index (χ0) is 20.8. The summed E-state index contributed by atoms with van der Waals surface area (Å²) in [6, 6.07) is 12.9. The molecule has 1 heterocycles. The molecule has 8 heteroatoms. The summed E-state index contributed by atoms with van der Waals surface area (Å²) in [5.41, 5.74) is 0.560. The number of hydrogen-bond donors (Lipinski definition) is 0. The molecule has 29 heavy (non-hydrogen) atoms. The van der Waals surface area contributed by atoms with Crippen molar-refractivity contribution in [2.75, 3.05) is 0 Å². The quantitative estimate of drug-likeness (QED) is 0.383. The summed E-state index contributed by atoms with van der Waals surface area (Å²) in [6.45, 7) is 0. The van der Waals surface area contributed by atoms with Gasteiger partial charge in [-0.2, -0.15) is 0 Å². The Bertz CT molecular complexity index is 1370. The molecule has 0 amide bonds. The summed E-state index contributed by atoms with van der Waals surface area (Å²) >= 11 is 6.07. The van der Waals surface area contributed by atoms with Crippen LogP contribution in [0, 0.1) is 17.5 Å². The number of rotatable bonds is 3. The number of aromatic nitrogens is 1. The molecule has 0 bridgehead atoms. The lowest BCUT2D eigenvalue weighted by Gasteiger charge is -2.14. The molecular weight excluding hydrogens is 423 g/mol. The van der Waals surface area contributed by atoms with Crippen LogP contribution in [-0.4, -0.2) is 13.4 Å². The molecular formula is C21H11ClF3NO2S. The van der Waals surface area contributed by atoms with Crippen LogP contribution in [0.1, 0.15) is 0 Å². The van der Waals surface area contributed by atoms with E-state index in [1.54, 1.807) is 18.2 Å². The topological polar surface area (TPSA) is 47.0 Å². The summed E-state index contributed by atoms with van der Waals surface area (Å²) < 4.78 is 67.8. The van der Waals surface area contributed by atoms with Crippen molar-refractivity contribution in [1.29, 1.82) is 0 Å². The van der Waals surface area contributed by atoms with E-state index in [1.165, 1.54) is 24.3 Å². The monoisotopic (exact) mass is 433 g/mol. The highest BCUT2D eigenvalue weighted by molar-refractivity contribution is 7.91. The van der Waals surface area contributed by atoms with E-state index in [9.17, 15) is 21.6 Å².